The van der Waals surface area contributed by atoms with Gasteiger partial charge in [-0.15, -0.1) is 0 Å². The molecule has 21 heavy (non-hydrogen) atoms. The minimum absolute atomic E-state index is 0.294. The Bertz CT molecular complexity index is 678. The van der Waals surface area contributed by atoms with Crippen LogP contribution in [0, 0.1) is 5.82 Å². The maximum absolute atomic E-state index is 13.4. The van der Waals surface area contributed by atoms with Crippen molar-refractivity contribution in [2.24, 2.45) is 0 Å². The van der Waals surface area contributed by atoms with Crippen molar-refractivity contribution in [2.45, 2.75) is 20.0 Å². The van der Waals surface area contributed by atoms with E-state index in [1.54, 1.807) is 12.1 Å². The second kappa shape index (κ2) is 6.07. The monoisotopic (exact) mass is 351 g/mol. The van der Waals surface area contributed by atoms with Gasteiger partial charge in [0.2, 0.25) is 0 Å². The first kappa shape index (κ1) is 14.4. The molecule has 0 fully saturated rings. The van der Waals surface area contributed by atoms with Crippen LogP contribution >= 0.6 is 15.9 Å². The van der Waals surface area contributed by atoms with Crippen molar-refractivity contribution in [3.8, 4) is 11.4 Å². The molecule has 0 saturated carbocycles. The molecule has 0 amide bonds. The number of fused-ring (bicyclic) bond motifs is 1. The molecule has 110 valence electrons. The van der Waals surface area contributed by atoms with Crippen LogP contribution < -0.4 is 5.32 Å². The summed E-state index contributed by atoms with van der Waals surface area (Å²) in [5.74, 6) is 1.11. The number of aromatic nitrogens is 2. The fraction of sp³-hybridized carbons (Fsp3) is 0.333. The SMILES string of the molecule is CCNc1nc(-c2ccc(F)c(Br)c2)nc2c1COCC2. The first-order valence-corrected chi connectivity index (χ1v) is 7.65. The summed E-state index contributed by atoms with van der Waals surface area (Å²) in [6, 6.07) is 4.81. The van der Waals surface area contributed by atoms with Crippen LogP contribution in [0.25, 0.3) is 11.4 Å². The van der Waals surface area contributed by atoms with E-state index < -0.39 is 0 Å². The van der Waals surface area contributed by atoms with Crippen molar-refractivity contribution in [3.63, 3.8) is 0 Å². The van der Waals surface area contributed by atoms with Crippen LogP contribution in [-0.4, -0.2) is 23.1 Å². The molecule has 0 atom stereocenters. The fourth-order valence-electron chi connectivity index (χ4n) is 2.31. The molecule has 0 unspecified atom stereocenters. The molecule has 1 aliphatic heterocycles. The lowest BCUT2D eigenvalue weighted by molar-refractivity contribution is 0.109. The van der Waals surface area contributed by atoms with Crippen LogP contribution in [-0.2, 0) is 17.8 Å². The van der Waals surface area contributed by atoms with Crippen molar-refractivity contribution in [1.29, 1.82) is 0 Å². The third-order valence-electron chi connectivity index (χ3n) is 3.34. The van der Waals surface area contributed by atoms with Gasteiger partial charge in [0.05, 0.1) is 23.4 Å². The van der Waals surface area contributed by atoms with Crippen molar-refractivity contribution in [2.75, 3.05) is 18.5 Å². The Morgan fingerprint density at radius 1 is 1.38 bits per heavy atom. The molecule has 0 spiro atoms. The summed E-state index contributed by atoms with van der Waals surface area (Å²) < 4.78 is 19.3. The van der Waals surface area contributed by atoms with Crippen LogP contribution in [0.3, 0.4) is 0 Å². The van der Waals surface area contributed by atoms with Crippen molar-refractivity contribution < 1.29 is 9.13 Å². The number of halogens is 2. The Hall–Kier alpha value is -1.53. The van der Waals surface area contributed by atoms with Gasteiger partial charge in [0.1, 0.15) is 11.6 Å². The molecule has 1 N–H and O–H groups in total. The van der Waals surface area contributed by atoms with Crippen LogP contribution in [0.2, 0.25) is 0 Å². The predicted molar refractivity (Wildman–Crippen MR) is 82.6 cm³/mol. The number of nitrogens with zero attached hydrogens (tertiary/aromatic N) is 2. The lowest BCUT2D eigenvalue weighted by Gasteiger charge is -2.20. The quantitative estimate of drug-likeness (QED) is 0.918. The zero-order valence-electron chi connectivity index (χ0n) is 11.6. The van der Waals surface area contributed by atoms with Crippen molar-refractivity contribution in [1.82, 2.24) is 9.97 Å². The second-order valence-corrected chi connectivity index (χ2v) is 5.64. The lowest BCUT2D eigenvalue weighted by atomic mass is 10.1. The van der Waals surface area contributed by atoms with Gasteiger partial charge >= 0.3 is 0 Å². The van der Waals surface area contributed by atoms with E-state index in [1.807, 2.05) is 6.92 Å². The van der Waals surface area contributed by atoms with E-state index in [9.17, 15) is 4.39 Å². The Morgan fingerprint density at radius 2 is 2.24 bits per heavy atom. The molecule has 2 aromatic rings. The summed E-state index contributed by atoms with van der Waals surface area (Å²) in [6.45, 7) is 4.00. The summed E-state index contributed by atoms with van der Waals surface area (Å²) in [6.07, 6.45) is 0.769. The minimum Gasteiger partial charge on any atom is -0.376 e. The summed E-state index contributed by atoms with van der Waals surface area (Å²) >= 11 is 3.20. The number of ether oxygens (including phenoxy) is 1. The summed E-state index contributed by atoms with van der Waals surface area (Å²) in [4.78, 5) is 9.19. The minimum atomic E-state index is -0.294. The topological polar surface area (TPSA) is 47.0 Å². The van der Waals surface area contributed by atoms with Gasteiger partial charge in [0, 0.05) is 24.1 Å². The standard InChI is InChI=1S/C15H15BrFN3O/c1-2-18-15-10-8-21-6-5-13(10)19-14(20-15)9-3-4-12(17)11(16)7-9/h3-4,7H,2,5-6,8H2,1H3,(H,18,19,20). The van der Waals surface area contributed by atoms with E-state index in [1.165, 1.54) is 6.07 Å². The van der Waals surface area contributed by atoms with Gasteiger partial charge in [0.15, 0.2) is 5.82 Å². The summed E-state index contributed by atoms with van der Waals surface area (Å²) in [7, 11) is 0. The van der Waals surface area contributed by atoms with E-state index in [0.717, 1.165) is 35.6 Å². The van der Waals surface area contributed by atoms with E-state index in [4.69, 9.17) is 4.74 Å². The van der Waals surface area contributed by atoms with Crippen LogP contribution in [0.15, 0.2) is 22.7 Å². The normalized spacial score (nSPS) is 13.9. The molecule has 0 saturated heterocycles. The van der Waals surface area contributed by atoms with Crippen LogP contribution in [0.1, 0.15) is 18.2 Å². The largest absolute Gasteiger partial charge is 0.376 e. The Morgan fingerprint density at radius 3 is 3.00 bits per heavy atom. The van der Waals surface area contributed by atoms with Gasteiger partial charge in [-0.05, 0) is 41.1 Å². The molecular weight excluding hydrogens is 337 g/mol. The number of benzene rings is 1. The molecule has 1 aliphatic rings. The van der Waals surface area contributed by atoms with Gasteiger partial charge in [-0.3, -0.25) is 0 Å². The number of anilines is 1. The number of hydrogen-bond donors (Lipinski definition) is 1. The Kier molecular flexibility index (Phi) is 4.17. The van der Waals surface area contributed by atoms with Gasteiger partial charge < -0.3 is 10.1 Å². The van der Waals surface area contributed by atoms with Gasteiger partial charge in [-0.1, -0.05) is 0 Å². The van der Waals surface area contributed by atoms with Crippen LogP contribution in [0.4, 0.5) is 10.2 Å². The first-order valence-electron chi connectivity index (χ1n) is 6.86. The highest BCUT2D eigenvalue weighted by Gasteiger charge is 2.18. The molecule has 0 aliphatic carbocycles. The zero-order valence-corrected chi connectivity index (χ0v) is 13.2. The average molecular weight is 352 g/mol. The zero-order chi connectivity index (χ0) is 14.8. The molecular formula is C15H15BrFN3O. The third-order valence-corrected chi connectivity index (χ3v) is 3.95. The van der Waals surface area contributed by atoms with Crippen molar-refractivity contribution >= 4 is 21.7 Å². The maximum atomic E-state index is 13.4. The third kappa shape index (κ3) is 2.91. The highest BCUT2D eigenvalue weighted by atomic mass is 79.9. The first-order chi connectivity index (χ1) is 10.2. The molecule has 2 heterocycles. The summed E-state index contributed by atoms with van der Waals surface area (Å²) in [5, 5.41) is 3.25. The van der Waals surface area contributed by atoms with E-state index >= 15 is 0 Å². The van der Waals surface area contributed by atoms with E-state index in [2.05, 4.69) is 31.2 Å². The number of hydrogen-bond acceptors (Lipinski definition) is 4. The Balaban J connectivity index is 2.09. The van der Waals surface area contributed by atoms with Gasteiger partial charge in [-0.2, -0.15) is 0 Å². The number of nitrogens with one attached hydrogen (secondary N) is 1. The van der Waals surface area contributed by atoms with Crippen molar-refractivity contribution in [3.05, 3.63) is 39.7 Å². The molecule has 4 nitrogen and oxygen atoms in total. The average Bonchev–Trinajstić information content (AvgIpc) is 2.50. The molecule has 3 rings (SSSR count). The molecule has 0 bridgehead atoms. The van der Waals surface area contributed by atoms with Gasteiger partial charge in [0.25, 0.3) is 0 Å². The maximum Gasteiger partial charge on any atom is 0.161 e. The predicted octanol–water partition coefficient (Wildman–Crippen LogP) is 3.55. The second-order valence-electron chi connectivity index (χ2n) is 4.78. The lowest BCUT2D eigenvalue weighted by Crippen LogP contribution is -2.17. The Labute approximate surface area is 130 Å². The molecule has 1 aromatic heterocycles. The summed E-state index contributed by atoms with van der Waals surface area (Å²) in [5.41, 5.74) is 2.81. The molecule has 0 radical (unpaired) electrons. The number of rotatable bonds is 3. The highest BCUT2D eigenvalue weighted by Crippen LogP contribution is 2.28. The molecule has 1 aromatic carbocycles. The molecule has 6 heteroatoms. The highest BCUT2D eigenvalue weighted by molar-refractivity contribution is 9.10. The fourth-order valence-corrected chi connectivity index (χ4v) is 2.69. The van der Waals surface area contributed by atoms with E-state index in [0.29, 0.717) is 23.5 Å². The van der Waals surface area contributed by atoms with Crippen LogP contribution in [0.5, 0.6) is 0 Å². The van der Waals surface area contributed by atoms with Gasteiger partial charge in [-0.25, -0.2) is 14.4 Å². The smallest absolute Gasteiger partial charge is 0.161 e. The van der Waals surface area contributed by atoms with E-state index in [-0.39, 0.29) is 5.82 Å².